The average Bonchev–Trinajstić information content (AvgIpc) is 3.30. The number of hydrogen-bond donors (Lipinski definition) is 2. The Bertz CT molecular complexity index is 867. The minimum absolute atomic E-state index is 0. The van der Waals surface area contributed by atoms with Crippen molar-refractivity contribution >= 4 is 52.5 Å². The van der Waals surface area contributed by atoms with Crippen molar-refractivity contribution < 1.29 is 9.53 Å². The van der Waals surface area contributed by atoms with E-state index in [1.165, 1.54) is 11.5 Å². The van der Waals surface area contributed by atoms with Gasteiger partial charge in [0.1, 0.15) is 18.1 Å². The van der Waals surface area contributed by atoms with Crippen molar-refractivity contribution in [2.45, 2.75) is 26.8 Å². The summed E-state index contributed by atoms with van der Waals surface area (Å²) in [6.07, 6.45) is 0.855. The smallest absolute Gasteiger partial charge is 0.242 e. The second kappa shape index (κ2) is 13.4. The van der Waals surface area contributed by atoms with Crippen molar-refractivity contribution in [3.8, 4) is 5.75 Å². The van der Waals surface area contributed by atoms with Gasteiger partial charge in [-0.25, -0.2) is 9.98 Å². The van der Waals surface area contributed by atoms with Crippen molar-refractivity contribution in [2.24, 2.45) is 4.99 Å². The van der Waals surface area contributed by atoms with Crippen LogP contribution in [0.25, 0.3) is 0 Å². The molecule has 11 heteroatoms. The molecule has 1 aliphatic heterocycles. The number of guanidine groups is 1. The fraction of sp³-hybridized carbons (Fsp3) is 0.524. The number of carbonyl (C=O) groups is 1. The molecule has 3 rings (SSSR count). The highest BCUT2D eigenvalue weighted by atomic mass is 127. The van der Waals surface area contributed by atoms with Crippen molar-refractivity contribution in [1.82, 2.24) is 24.9 Å². The van der Waals surface area contributed by atoms with E-state index in [1.54, 1.807) is 7.11 Å². The van der Waals surface area contributed by atoms with E-state index in [-0.39, 0.29) is 36.4 Å². The summed E-state index contributed by atoms with van der Waals surface area (Å²) < 4.78 is 9.53. The van der Waals surface area contributed by atoms with E-state index in [9.17, 15) is 4.79 Å². The van der Waals surface area contributed by atoms with Gasteiger partial charge in [-0.05, 0) is 24.6 Å². The van der Waals surface area contributed by atoms with Gasteiger partial charge in [0.2, 0.25) is 11.0 Å². The lowest BCUT2D eigenvalue weighted by atomic mass is 10.2. The molecular weight excluding hydrogens is 541 g/mol. The van der Waals surface area contributed by atoms with Crippen LogP contribution in [0.15, 0.2) is 29.3 Å². The van der Waals surface area contributed by atoms with Crippen molar-refractivity contribution in [2.75, 3.05) is 51.3 Å². The van der Waals surface area contributed by atoms with Gasteiger partial charge in [-0.3, -0.25) is 4.79 Å². The normalized spacial score (nSPS) is 14.0. The van der Waals surface area contributed by atoms with Crippen LogP contribution in [-0.2, 0) is 17.8 Å². The monoisotopic (exact) mass is 573 g/mol. The van der Waals surface area contributed by atoms with Crippen LogP contribution < -0.4 is 20.3 Å². The Hall–Kier alpha value is -2.15. The first kappa shape index (κ1) is 26.1. The number of hydrogen-bond acceptors (Lipinski definition) is 7. The molecule has 9 nitrogen and oxygen atoms in total. The molecule has 2 aromatic rings. The predicted octanol–water partition coefficient (Wildman–Crippen LogP) is 2.13. The minimum Gasteiger partial charge on any atom is -0.497 e. The van der Waals surface area contributed by atoms with Crippen LogP contribution in [0, 0.1) is 0 Å². The molecule has 1 aromatic heterocycles. The number of ether oxygens (including phenoxy) is 1. The second-order valence-corrected chi connectivity index (χ2v) is 7.85. The number of amides is 1. The first-order valence-electron chi connectivity index (χ1n) is 10.6. The molecule has 1 fully saturated rings. The zero-order valence-electron chi connectivity index (χ0n) is 18.8. The maximum absolute atomic E-state index is 12.3. The number of nitrogens with zero attached hydrogens (tertiary/aromatic N) is 5. The third-order valence-electron chi connectivity index (χ3n) is 4.98. The van der Waals surface area contributed by atoms with Crippen molar-refractivity contribution in [1.29, 1.82) is 0 Å². The van der Waals surface area contributed by atoms with Crippen LogP contribution in [0.1, 0.15) is 25.2 Å². The molecule has 2 N–H and O–H groups in total. The number of aliphatic imine (C=N–C) groups is 1. The number of anilines is 1. The van der Waals surface area contributed by atoms with E-state index in [0.717, 1.165) is 67.4 Å². The molecule has 1 aromatic carbocycles. The SMILES string of the molecule is CCNC(=NCC(=O)NCc1ccc(OC)cc1)N1CCN(c2nc(CC)ns2)CC1.I. The Morgan fingerprint density at radius 2 is 1.88 bits per heavy atom. The highest BCUT2D eigenvalue weighted by molar-refractivity contribution is 14.0. The summed E-state index contributed by atoms with van der Waals surface area (Å²) in [5.74, 6) is 2.36. The maximum Gasteiger partial charge on any atom is 0.242 e. The lowest BCUT2D eigenvalue weighted by Gasteiger charge is -2.36. The molecule has 1 saturated heterocycles. The average molecular weight is 574 g/mol. The molecule has 1 aliphatic rings. The van der Waals surface area contributed by atoms with E-state index in [1.807, 2.05) is 31.2 Å². The summed E-state index contributed by atoms with van der Waals surface area (Å²) in [6, 6.07) is 7.64. The summed E-state index contributed by atoms with van der Waals surface area (Å²) in [5, 5.41) is 7.20. The predicted molar refractivity (Wildman–Crippen MR) is 139 cm³/mol. The molecule has 176 valence electrons. The Labute approximate surface area is 210 Å². The molecule has 0 spiro atoms. The number of methoxy groups -OCH3 is 1. The van der Waals surface area contributed by atoms with Gasteiger partial charge in [0.25, 0.3) is 0 Å². The van der Waals surface area contributed by atoms with E-state index < -0.39 is 0 Å². The number of carbonyl (C=O) groups excluding carboxylic acids is 1. The molecule has 1 amide bonds. The number of aryl methyl sites for hydroxylation is 1. The molecule has 2 heterocycles. The van der Waals surface area contributed by atoms with Crippen molar-refractivity contribution in [3.05, 3.63) is 35.7 Å². The van der Waals surface area contributed by atoms with Gasteiger partial charge in [-0.2, -0.15) is 4.37 Å². The highest BCUT2D eigenvalue weighted by Crippen LogP contribution is 2.19. The summed E-state index contributed by atoms with van der Waals surface area (Å²) in [6.45, 7) is 8.76. The summed E-state index contributed by atoms with van der Waals surface area (Å²) in [4.78, 5) is 25.9. The quantitative estimate of drug-likeness (QED) is 0.284. The summed E-state index contributed by atoms with van der Waals surface area (Å²) in [5.41, 5.74) is 1.02. The van der Waals surface area contributed by atoms with E-state index in [2.05, 4.69) is 41.7 Å². The van der Waals surface area contributed by atoms with Crippen LogP contribution in [0.3, 0.4) is 0 Å². The van der Waals surface area contributed by atoms with Crippen LogP contribution >= 0.6 is 35.5 Å². The molecule has 0 saturated carbocycles. The molecule has 0 aliphatic carbocycles. The first-order valence-corrected chi connectivity index (χ1v) is 11.4. The van der Waals surface area contributed by atoms with Crippen LogP contribution in [0.5, 0.6) is 5.75 Å². The van der Waals surface area contributed by atoms with Gasteiger partial charge in [0.15, 0.2) is 5.96 Å². The van der Waals surface area contributed by atoms with Gasteiger partial charge in [0, 0.05) is 57.2 Å². The largest absolute Gasteiger partial charge is 0.497 e. The van der Waals surface area contributed by atoms with Crippen LogP contribution in [0.4, 0.5) is 5.13 Å². The molecule has 0 unspecified atom stereocenters. The lowest BCUT2D eigenvalue weighted by molar-refractivity contribution is -0.119. The Kier molecular flexibility index (Phi) is 10.9. The Morgan fingerprint density at radius 3 is 2.47 bits per heavy atom. The van der Waals surface area contributed by atoms with Crippen LogP contribution in [-0.4, -0.2) is 72.5 Å². The summed E-state index contributed by atoms with van der Waals surface area (Å²) >= 11 is 1.46. The number of piperazine rings is 1. The standard InChI is InChI=1S/C21H31N7O2S.HI/c1-4-18-25-21(31-26-18)28-12-10-27(11-13-28)20(22-5-2)24-15-19(29)23-14-16-6-8-17(30-3)9-7-16;/h6-9H,4-5,10-15H2,1-3H3,(H,22,24)(H,23,29);1H. The number of nitrogens with one attached hydrogen (secondary N) is 2. The van der Waals surface area contributed by atoms with Crippen LogP contribution in [0.2, 0.25) is 0 Å². The van der Waals surface area contributed by atoms with Crippen molar-refractivity contribution in [3.63, 3.8) is 0 Å². The maximum atomic E-state index is 12.3. The Morgan fingerprint density at radius 1 is 1.16 bits per heavy atom. The highest BCUT2D eigenvalue weighted by Gasteiger charge is 2.22. The molecule has 0 atom stereocenters. The molecule has 0 bridgehead atoms. The van der Waals surface area contributed by atoms with Gasteiger partial charge < -0.3 is 25.2 Å². The Balaban J connectivity index is 0.00000363. The van der Waals surface area contributed by atoms with E-state index >= 15 is 0 Å². The molecule has 0 radical (unpaired) electrons. The van der Waals surface area contributed by atoms with Gasteiger partial charge in [-0.1, -0.05) is 19.1 Å². The van der Waals surface area contributed by atoms with E-state index in [4.69, 9.17) is 4.74 Å². The fourth-order valence-corrected chi connectivity index (χ4v) is 4.00. The van der Waals surface area contributed by atoms with Gasteiger partial charge >= 0.3 is 0 Å². The molecule has 32 heavy (non-hydrogen) atoms. The number of benzene rings is 1. The number of rotatable bonds is 8. The minimum atomic E-state index is -0.106. The van der Waals surface area contributed by atoms with Gasteiger partial charge in [-0.15, -0.1) is 24.0 Å². The lowest BCUT2D eigenvalue weighted by Crippen LogP contribution is -2.52. The fourth-order valence-electron chi connectivity index (χ4n) is 3.20. The third-order valence-corrected chi connectivity index (χ3v) is 5.79. The van der Waals surface area contributed by atoms with Gasteiger partial charge in [0.05, 0.1) is 7.11 Å². The topological polar surface area (TPSA) is 95.0 Å². The zero-order valence-corrected chi connectivity index (χ0v) is 22.0. The zero-order chi connectivity index (χ0) is 22.1. The summed E-state index contributed by atoms with van der Waals surface area (Å²) in [7, 11) is 1.63. The number of halogens is 1. The van der Waals surface area contributed by atoms with E-state index in [0.29, 0.717) is 6.54 Å². The third kappa shape index (κ3) is 7.47. The first-order chi connectivity index (χ1) is 15.1. The second-order valence-electron chi connectivity index (χ2n) is 7.12. The molecular formula is C21H32IN7O2S. The number of aromatic nitrogens is 2.